The number of unbranched alkanes of at least 4 members (excludes halogenated alkanes) is 1. The van der Waals surface area contributed by atoms with Gasteiger partial charge >= 0.3 is 11.7 Å². The van der Waals surface area contributed by atoms with E-state index in [9.17, 15) is 19.5 Å². The third-order valence-corrected chi connectivity index (χ3v) is 4.55. The standard InChI is InChI=1S/C19H22N4O5/c1-4-5-8-23-16-15(17(25)21-19(23)27)22(3)14(20-16)10-28-18(26)12-9-11(2)6-7-13(12)24/h6-7,9,24H,4-5,8,10H2,1-3H3,(H,21,25,27). The number of nitrogens with zero attached hydrogens (tertiary/aromatic N) is 3. The van der Waals surface area contributed by atoms with Crippen molar-refractivity contribution in [1.82, 2.24) is 19.1 Å². The number of carbonyl (C=O) groups is 1. The topological polar surface area (TPSA) is 119 Å². The number of carbonyl (C=O) groups excluding carboxylic acids is 1. The summed E-state index contributed by atoms with van der Waals surface area (Å²) in [4.78, 5) is 43.3. The predicted molar refractivity (Wildman–Crippen MR) is 102 cm³/mol. The molecule has 0 saturated carbocycles. The number of ether oxygens (including phenoxy) is 1. The van der Waals surface area contributed by atoms with Gasteiger partial charge in [-0.25, -0.2) is 14.6 Å². The lowest BCUT2D eigenvalue weighted by Gasteiger charge is -2.07. The number of hydrogen-bond acceptors (Lipinski definition) is 6. The Morgan fingerprint density at radius 3 is 2.79 bits per heavy atom. The third-order valence-electron chi connectivity index (χ3n) is 4.55. The number of hydrogen-bond donors (Lipinski definition) is 2. The van der Waals surface area contributed by atoms with Crippen LogP contribution in [0.1, 0.15) is 41.5 Å². The van der Waals surface area contributed by atoms with Gasteiger partial charge in [0.1, 0.15) is 23.7 Å². The fraction of sp³-hybridized carbons (Fsp3) is 0.368. The van der Waals surface area contributed by atoms with Crippen LogP contribution >= 0.6 is 0 Å². The maximum Gasteiger partial charge on any atom is 0.342 e. The van der Waals surface area contributed by atoms with Gasteiger partial charge in [-0.15, -0.1) is 0 Å². The van der Waals surface area contributed by atoms with Gasteiger partial charge in [0.2, 0.25) is 0 Å². The second-order valence-electron chi connectivity index (χ2n) is 6.62. The van der Waals surface area contributed by atoms with E-state index in [4.69, 9.17) is 4.74 Å². The minimum atomic E-state index is -0.703. The van der Waals surface area contributed by atoms with Crippen LogP contribution in [-0.2, 0) is 24.9 Å². The molecule has 0 fully saturated rings. The summed E-state index contributed by atoms with van der Waals surface area (Å²) in [5, 5.41) is 9.85. The van der Waals surface area contributed by atoms with Crippen LogP contribution < -0.4 is 11.2 Å². The molecular formula is C19H22N4O5. The average molecular weight is 386 g/mol. The number of aryl methyl sites for hydroxylation is 3. The second-order valence-corrected chi connectivity index (χ2v) is 6.62. The summed E-state index contributed by atoms with van der Waals surface area (Å²) in [6.45, 7) is 4.01. The first-order valence-corrected chi connectivity index (χ1v) is 8.98. The molecule has 0 spiro atoms. The van der Waals surface area contributed by atoms with Crippen molar-refractivity contribution in [1.29, 1.82) is 0 Å². The van der Waals surface area contributed by atoms with Gasteiger partial charge < -0.3 is 14.4 Å². The summed E-state index contributed by atoms with van der Waals surface area (Å²) in [5.41, 5.74) is 0.290. The molecule has 0 aliphatic rings. The number of esters is 1. The number of aromatic nitrogens is 4. The van der Waals surface area contributed by atoms with Crippen molar-refractivity contribution in [2.45, 2.75) is 39.8 Å². The molecular weight excluding hydrogens is 364 g/mol. The molecule has 9 nitrogen and oxygen atoms in total. The first-order chi connectivity index (χ1) is 13.3. The van der Waals surface area contributed by atoms with Gasteiger partial charge in [-0.3, -0.25) is 14.3 Å². The van der Waals surface area contributed by atoms with Gasteiger partial charge in [0, 0.05) is 13.6 Å². The molecule has 148 valence electrons. The van der Waals surface area contributed by atoms with E-state index in [0.29, 0.717) is 12.4 Å². The van der Waals surface area contributed by atoms with Gasteiger partial charge in [0.25, 0.3) is 5.56 Å². The molecule has 0 radical (unpaired) electrons. The molecule has 28 heavy (non-hydrogen) atoms. The van der Waals surface area contributed by atoms with Crippen molar-refractivity contribution in [2.24, 2.45) is 7.05 Å². The number of rotatable bonds is 6. The number of H-pyrrole nitrogens is 1. The van der Waals surface area contributed by atoms with E-state index in [1.165, 1.54) is 21.3 Å². The van der Waals surface area contributed by atoms with Crippen molar-refractivity contribution >= 4 is 17.1 Å². The molecule has 2 heterocycles. The van der Waals surface area contributed by atoms with Crippen molar-refractivity contribution in [2.75, 3.05) is 0 Å². The fourth-order valence-electron chi connectivity index (χ4n) is 2.97. The maximum absolute atomic E-state index is 12.3. The fourth-order valence-corrected chi connectivity index (χ4v) is 2.97. The Morgan fingerprint density at radius 1 is 1.32 bits per heavy atom. The highest BCUT2D eigenvalue weighted by Gasteiger charge is 2.19. The van der Waals surface area contributed by atoms with Crippen molar-refractivity contribution in [3.8, 4) is 5.75 Å². The van der Waals surface area contributed by atoms with E-state index in [1.807, 2.05) is 6.92 Å². The number of benzene rings is 1. The molecule has 0 unspecified atom stereocenters. The third kappa shape index (κ3) is 3.55. The largest absolute Gasteiger partial charge is 0.507 e. The number of fused-ring (bicyclic) bond motifs is 1. The molecule has 0 atom stereocenters. The average Bonchev–Trinajstić information content (AvgIpc) is 2.98. The summed E-state index contributed by atoms with van der Waals surface area (Å²) >= 11 is 0. The molecule has 9 heteroatoms. The Labute approximate surface area is 160 Å². The molecule has 1 aromatic carbocycles. The van der Waals surface area contributed by atoms with E-state index in [2.05, 4.69) is 9.97 Å². The summed E-state index contributed by atoms with van der Waals surface area (Å²) in [6, 6.07) is 4.63. The molecule has 0 aliphatic heterocycles. The van der Waals surface area contributed by atoms with Gasteiger partial charge in [-0.05, 0) is 25.5 Å². The molecule has 0 bridgehead atoms. The quantitative estimate of drug-likeness (QED) is 0.621. The Bertz CT molecular complexity index is 1160. The van der Waals surface area contributed by atoms with Gasteiger partial charge in [-0.2, -0.15) is 0 Å². The van der Waals surface area contributed by atoms with E-state index in [0.717, 1.165) is 18.4 Å². The molecule has 0 amide bonds. The van der Waals surface area contributed by atoms with Crippen LogP contribution in [0.15, 0.2) is 27.8 Å². The van der Waals surface area contributed by atoms with E-state index < -0.39 is 17.2 Å². The Hall–Kier alpha value is -3.36. The first-order valence-electron chi connectivity index (χ1n) is 8.98. The molecule has 2 aromatic heterocycles. The van der Waals surface area contributed by atoms with Crippen molar-refractivity contribution in [3.05, 3.63) is 56.0 Å². The van der Waals surface area contributed by atoms with Gasteiger partial charge in [-0.1, -0.05) is 25.0 Å². The number of aromatic hydroxyl groups is 1. The number of nitrogens with one attached hydrogen (secondary N) is 1. The zero-order valence-electron chi connectivity index (χ0n) is 16.0. The Kier molecular flexibility index (Phi) is 5.34. The predicted octanol–water partition coefficient (Wildman–Crippen LogP) is 1.59. The molecule has 0 saturated heterocycles. The maximum atomic E-state index is 12.3. The summed E-state index contributed by atoms with van der Waals surface area (Å²) in [6.07, 6.45) is 1.64. The molecule has 3 aromatic rings. The smallest absolute Gasteiger partial charge is 0.342 e. The second kappa shape index (κ2) is 7.71. The summed E-state index contributed by atoms with van der Waals surface area (Å²) < 4.78 is 8.18. The number of phenolic OH excluding ortho intramolecular Hbond substituents is 1. The zero-order chi connectivity index (χ0) is 20.4. The Morgan fingerprint density at radius 2 is 2.07 bits per heavy atom. The number of aromatic amines is 1. The van der Waals surface area contributed by atoms with Crippen molar-refractivity contribution < 1.29 is 14.6 Å². The Balaban J connectivity index is 1.93. The highest BCUT2D eigenvalue weighted by molar-refractivity contribution is 5.92. The van der Waals surface area contributed by atoms with E-state index in [-0.39, 0.29) is 29.1 Å². The highest BCUT2D eigenvalue weighted by Crippen LogP contribution is 2.20. The van der Waals surface area contributed by atoms with Crippen LogP contribution in [-0.4, -0.2) is 30.2 Å². The summed E-state index contributed by atoms with van der Waals surface area (Å²) in [7, 11) is 1.62. The number of imidazole rings is 1. The normalized spacial score (nSPS) is 11.1. The van der Waals surface area contributed by atoms with Crippen LogP contribution in [0.4, 0.5) is 0 Å². The van der Waals surface area contributed by atoms with Crippen molar-refractivity contribution in [3.63, 3.8) is 0 Å². The lowest BCUT2D eigenvalue weighted by Crippen LogP contribution is -2.31. The van der Waals surface area contributed by atoms with Gasteiger partial charge in [0.05, 0.1) is 0 Å². The monoisotopic (exact) mass is 386 g/mol. The van der Waals surface area contributed by atoms with Gasteiger partial charge in [0.15, 0.2) is 11.2 Å². The summed E-state index contributed by atoms with van der Waals surface area (Å²) in [5.74, 6) is -0.562. The molecule has 3 rings (SSSR count). The van der Waals surface area contributed by atoms with Crippen LogP contribution in [0.5, 0.6) is 5.75 Å². The molecule has 0 aliphatic carbocycles. The lowest BCUT2D eigenvalue weighted by atomic mass is 10.1. The van der Waals surface area contributed by atoms with E-state index >= 15 is 0 Å². The van der Waals surface area contributed by atoms with Crippen LogP contribution in [0.25, 0.3) is 11.2 Å². The SMILES string of the molecule is CCCCn1c(=O)[nH]c(=O)c2c1nc(COC(=O)c1cc(C)ccc1O)n2C. The minimum Gasteiger partial charge on any atom is -0.507 e. The lowest BCUT2D eigenvalue weighted by molar-refractivity contribution is 0.0456. The molecule has 2 N–H and O–H groups in total. The zero-order valence-corrected chi connectivity index (χ0v) is 16.0. The van der Waals surface area contributed by atoms with Crippen LogP contribution in [0, 0.1) is 6.92 Å². The number of phenols is 1. The first kappa shape index (κ1) is 19.4. The minimum absolute atomic E-state index is 0.0523. The van der Waals surface area contributed by atoms with Crippen LogP contribution in [0.3, 0.4) is 0 Å². The highest BCUT2D eigenvalue weighted by atomic mass is 16.5. The van der Waals surface area contributed by atoms with Crippen LogP contribution in [0.2, 0.25) is 0 Å². The van der Waals surface area contributed by atoms with E-state index in [1.54, 1.807) is 20.0 Å².